The van der Waals surface area contributed by atoms with Gasteiger partial charge in [-0.25, -0.2) is 0 Å². The van der Waals surface area contributed by atoms with Crippen LogP contribution in [0.1, 0.15) is 18.9 Å². The van der Waals surface area contributed by atoms with Gasteiger partial charge in [0, 0.05) is 0 Å². The Morgan fingerprint density at radius 2 is 1.94 bits per heavy atom. The van der Waals surface area contributed by atoms with E-state index in [9.17, 15) is 9.59 Å². The van der Waals surface area contributed by atoms with Gasteiger partial charge in [-0.3, -0.25) is 9.59 Å². The Morgan fingerprint density at radius 3 is 2.47 bits per heavy atom. The highest BCUT2D eigenvalue weighted by atomic mass is 16.5. The van der Waals surface area contributed by atoms with Crippen LogP contribution in [0.4, 0.5) is 0 Å². The number of aliphatic carboxylic acids is 1. The molecule has 92 valence electrons. The van der Waals surface area contributed by atoms with Crippen molar-refractivity contribution >= 4 is 11.9 Å². The van der Waals surface area contributed by atoms with Gasteiger partial charge in [0.05, 0.1) is 18.9 Å². The van der Waals surface area contributed by atoms with Crippen molar-refractivity contribution in [2.45, 2.75) is 19.8 Å². The molecule has 0 aliphatic carbocycles. The van der Waals surface area contributed by atoms with E-state index in [1.807, 2.05) is 30.3 Å². The molecule has 0 aliphatic rings. The van der Waals surface area contributed by atoms with E-state index in [-0.39, 0.29) is 13.0 Å². The van der Waals surface area contributed by atoms with E-state index >= 15 is 0 Å². The maximum absolute atomic E-state index is 11.3. The first-order valence-electron chi connectivity index (χ1n) is 5.55. The van der Waals surface area contributed by atoms with Gasteiger partial charge in [0.1, 0.15) is 0 Å². The molecule has 4 nitrogen and oxygen atoms in total. The van der Waals surface area contributed by atoms with Gasteiger partial charge < -0.3 is 9.84 Å². The van der Waals surface area contributed by atoms with Gasteiger partial charge in [0.25, 0.3) is 0 Å². The molecular formula is C13H16O4. The molecule has 1 atom stereocenters. The first-order chi connectivity index (χ1) is 8.13. The second-order valence-electron chi connectivity index (χ2n) is 3.73. The Kier molecular flexibility index (Phi) is 5.20. The summed E-state index contributed by atoms with van der Waals surface area (Å²) in [6.45, 7) is 1.97. The first-order valence-corrected chi connectivity index (χ1v) is 5.55. The maximum atomic E-state index is 11.3. The minimum Gasteiger partial charge on any atom is -0.481 e. The van der Waals surface area contributed by atoms with E-state index < -0.39 is 17.9 Å². The molecule has 0 fully saturated rings. The number of hydrogen-bond acceptors (Lipinski definition) is 3. The molecule has 1 N–H and O–H groups in total. The third-order valence-corrected chi connectivity index (χ3v) is 2.39. The van der Waals surface area contributed by atoms with Crippen LogP contribution in [0.5, 0.6) is 0 Å². The average Bonchev–Trinajstić information content (AvgIpc) is 2.29. The summed E-state index contributed by atoms with van der Waals surface area (Å²) in [6, 6.07) is 9.25. The lowest BCUT2D eigenvalue weighted by Gasteiger charge is -2.11. The molecule has 17 heavy (non-hydrogen) atoms. The van der Waals surface area contributed by atoms with Gasteiger partial charge in [-0.2, -0.15) is 0 Å². The lowest BCUT2D eigenvalue weighted by molar-refractivity contribution is -0.151. The summed E-state index contributed by atoms with van der Waals surface area (Å²) in [7, 11) is 0. The van der Waals surface area contributed by atoms with Crippen LogP contribution in [-0.2, 0) is 20.7 Å². The number of benzene rings is 1. The zero-order valence-electron chi connectivity index (χ0n) is 9.76. The number of esters is 1. The van der Waals surface area contributed by atoms with E-state index in [1.165, 1.54) is 0 Å². The molecule has 0 saturated carbocycles. The highest BCUT2D eigenvalue weighted by molar-refractivity contribution is 5.79. The fraction of sp³-hybridized carbons (Fsp3) is 0.385. The molecule has 0 heterocycles. The highest BCUT2D eigenvalue weighted by Crippen LogP contribution is 2.13. The number of hydrogen-bond donors (Lipinski definition) is 1. The van der Waals surface area contributed by atoms with Gasteiger partial charge >= 0.3 is 11.9 Å². The predicted molar refractivity (Wildman–Crippen MR) is 62.5 cm³/mol. The lowest BCUT2D eigenvalue weighted by Crippen LogP contribution is -2.21. The summed E-state index contributed by atoms with van der Waals surface area (Å²) in [6.07, 6.45) is 0.257. The van der Waals surface area contributed by atoms with Crippen molar-refractivity contribution in [3.63, 3.8) is 0 Å². The monoisotopic (exact) mass is 236 g/mol. The van der Waals surface area contributed by atoms with E-state index in [0.29, 0.717) is 6.42 Å². The second kappa shape index (κ2) is 6.68. The van der Waals surface area contributed by atoms with Gasteiger partial charge in [-0.15, -0.1) is 0 Å². The summed E-state index contributed by atoms with van der Waals surface area (Å²) in [4.78, 5) is 22.3. The molecule has 0 aromatic heterocycles. The van der Waals surface area contributed by atoms with Crippen LogP contribution < -0.4 is 0 Å². The fourth-order valence-corrected chi connectivity index (χ4v) is 1.57. The van der Waals surface area contributed by atoms with Gasteiger partial charge in [-0.05, 0) is 18.9 Å². The molecule has 1 aromatic carbocycles. The zero-order valence-corrected chi connectivity index (χ0v) is 9.76. The molecule has 0 spiro atoms. The minimum atomic E-state index is -0.970. The number of carboxylic acids is 1. The quantitative estimate of drug-likeness (QED) is 0.766. The maximum Gasteiger partial charge on any atom is 0.307 e. The average molecular weight is 236 g/mol. The zero-order chi connectivity index (χ0) is 12.7. The molecule has 0 saturated heterocycles. The normalized spacial score (nSPS) is 11.8. The van der Waals surface area contributed by atoms with Crippen LogP contribution >= 0.6 is 0 Å². The number of ether oxygens (including phenoxy) is 1. The van der Waals surface area contributed by atoms with Crippen molar-refractivity contribution < 1.29 is 19.4 Å². The fourth-order valence-electron chi connectivity index (χ4n) is 1.57. The van der Waals surface area contributed by atoms with E-state index in [2.05, 4.69) is 0 Å². The smallest absolute Gasteiger partial charge is 0.307 e. The molecule has 4 heteroatoms. The Morgan fingerprint density at radius 1 is 1.29 bits per heavy atom. The number of carbonyl (C=O) groups is 2. The number of carboxylic acid groups (broad SMARTS) is 1. The summed E-state index contributed by atoms with van der Waals surface area (Å²) in [5.74, 6) is -2.16. The van der Waals surface area contributed by atoms with Crippen molar-refractivity contribution in [1.82, 2.24) is 0 Å². The standard InChI is InChI=1S/C13H16O4/c1-2-17-12(14)9-11(13(15)16)8-10-6-4-3-5-7-10/h3-7,11H,2,8-9H2,1H3,(H,15,16)/t11-/m1/s1. The summed E-state index contributed by atoms with van der Waals surface area (Å²) < 4.78 is 4.76. The lowest BCUT2D eigenvalue weighted by atomic mass is 9.96. The molecule has 0 bridgehead atoms. The van der Waals surface area contributed by atoms with E-state index in [1.54, 1.807) is 6.92 Å². The Labute approximate surface area is 100 Å². The van der Waals surface area contributed by atoms with Crippen LogP contribution in [0.3, 0.4) is 0 Å². The summed E-state index contributed by atoms with van der Waals surface area (Å²) >= 11 is 0. The van der Waals surface area contributed by atoms with Crippen LogP contribution in [0.15, 0.2) is 30.3 Å². The predicted octanol–water partition coefficient (Wildman–Crippen LogP) is 1.88. The third kappa shape index (κ3) is 4.68. The van der Waals surface area contributed by atoms with Gasteiger partial charge in [-0.1, -0.05) is 30.3 Å². The Hall–Kier alpha value is -1.84. The minimum absolute atomic E-state index is 0.0853. The molecule has 0 unspecified atom stereocenters. The SMILES string of the molecule is CCOC(=O)C[C@@H](Cc1ccccc1)C(=O)O. The number of carbonyl (C=O) groups excluding carboxylic acids is 1. The van der Waals surface area contributed by atoms with Gasteiger partial charge in [0.2, 0.25) is 0 Å². The molecule has 0 radical (unpaired) electrons. The first kappa shape index (κ1) is 13.2. The Bertz CT molecular complexity index is 372. The van der Waals surface area contributed by atoms with Crippen LogP contribution in [0.25, 0.3) is 0 Å². The van der Waals surface area contributed by atoms with Crippen LogP contribution in [-0.4, -0.2) is 23.7 Å². The molecular weight excluding hydrogens is 220 g/mol. The van der Waals surface area contributed by atoms with E-state index in [0.717, 1.165) is 5.56 Å². The van der Waals surface area contributed by atoms with E-state index in [4.69, 9.17) is 9.84 Å². The van der Waals surface area contributed by atoms with Crippen molar-refractivity contribution in [2.75, 3.05) is 6.61 Å². The Balaban J connectivity index is 2.61. The highest BCUT2D eigenvalue weighted by Gasteiger charge is 2.22. The number of rotatable bonds is 6. The molecule has 0 amide bonds. The van der Waals surface area contributed by atoms with Crippen molar-refractivity contribution in [1.29, 1.82) is 0 Å². The third-order valence-electron chi connectivity index (χ3n) is 2.39. The largest absolute Gasteiger partial charge is 0.481 e. The second-order valence-corrected chi connectivity index (χ2v) is 3.73. The van der Waals surface area contributed by atoms with Crippen LogP contribution in [0, 0.1) is 5.92 Å². The van der Waals surface area contributed by atoms with Crippen molar-refractivity contribution in [3.8, 4) is 0 Å². The van der Waals surface area contributed by atoms with Crippen molar-refractivity contribution in [2.24, 2.45) is 5.92 Å². The topological polar surface area (TPSA) is 63.6 Å². The molecule has 1 aromatic rings. The van der Waals surface area contributed by atoms with Crippen LogP contribution in [0.2, 0.25) is 0 Å². The molecule has 1 rings (SSSR count). The van der Waals surface area contributed by atoms with Crippen molar-refractivity contribution in [3.05, 3.63) is 35.9 Å². The molecule has 0 aliphatic heterocycles. The van der Waals surface area contributed by atoms with Gasteiger partial charge in [0.15, 0.2) is 0 Å². The summed E-state index contributed by atoms with van der Waals surface area (Å²) in [5, 5.41) is 9.04. The summed E-state index contributed by atoms with van der Waals surface area (Å²) in [5.41, 5.74) is 0.907.